The van der Waals surface area contributed by atoms with Crippen molar-refractivity contribution in [3.8, 4) is 0 Å². The van der Waals surface area contributed by atoms with Gasteiger partial charge < -0.3 is 4.90 Å². The molecule has 5 heteroatoms. The van der Waals surface area contributed by atoms with Gasteiger partial charge in [-0.05, 0) is 31.9 Å². The zero-order valence-electron chi connectivity index (χ0n) is 13.5. The Morgan fingerprint density at radius 2 is 1.65 bits per heavy atom. The molecule has 122 valence electrons. The highest BCUT2D eigenvalue weighted by molar-refractivity contribution is 6.21. The van der Waals surface area contributed by atoms with Crippen molar-refractivity contribution >= 4 is 17.7 Å². The van der Waals surface area contributed by atoms with Crippen molar-refractivity contribution in [1.29, 1.82) is 0 Å². The fourth-order valence-corrected chi connectivity index (χ4v) is 3.29. The van der Waals surface area contributed by atoms with E-state index in [1.165, 1.54) is 17.7 Å². The first kappa shape index (κ1) is 15.7. The molecule has 3 amide bonds. The van der Waals surface area contributed by atoms with E-state index in [-0.39, 0.29) is 30.7 Å². The number of likely N-dealkylation sites (tertiary alicyclic amines) is 1. The summed E-state index contributed by atoms with van der Waals surface area (Å²) in [4.78, 5) is 40.1. The number of hydrogen-bond donors (Lipinski definition) is 0. The Balaban J connectivity index is 1.64. The van der Waals surface area contributed by atoms with Crippen LogP contribution in [0, 0.1) is 6.92 Å². The highest BCUT2D eigenvalue weighted by Gasteiger charge is 2.35. The van der Waals surface area contributed by atoms with Crippen LogP contribution in [0.2, 0.25) is 0 Å². The molecule has 5 nitrogen and oxygen atoms in total. The van der Waals surface area contributed by atoms with Crippen LogP contribution in [0.15, 0.2) is 18.2 Å². The van der Waals surface area contributed by atoms with Crippen LogP contribution in [0.25, 0.3) is 0 Å². The normalized spacial score (nSPS) is 18.1. The second kappa shape index (κ2) is 6.52. The summed E-state index contributed by atoms with van der Waals surface area (Å²) in [5.41, 5.74) is 1.85. The molecule has 23 heavy (non-hydrogen) atoms. The Labute approximate surface area is 136 Å². The highest BCUT2D eigenvalue weighted by atomic mass is 16.2. The van der Waals surface area contributed by atoms with E-state index in [0.717, 1.165) is 31.5 Å². The van der Waals surface area contributed by atoms with Crippen LogP contribution in [0.4, 0.5) is 0 Å². The minimum Gasteiger partial charge on any atom is -0.343 e. The second-order valence-corrected chi connectivity index (χ2v) is 6.36. The lowest BCUT2D eigenvalue weighted by atomic mass is 10.1. The van der Waals surface area contributed by atoms with Crippen molar-refractivity contribution in [1.82, 2.24) is 9.80 Å². The van der Waals surface area contributed by atoms with Crippen LogP contribution < -0.4 is 0 Å². The van der Waals surface area contributed by atoms with Crippen LogP contribution in [0.5, 0.6) is 0 Å². The Hall–Kier alpha value is -2.17. The lowest BCUT2D eigenvalue weighted by Gasteiger charge is -2.21. The number of amides is 3. The van der Waals surface area contributed by atoms with Gasteiger partial charge in [0.1, 0.15) is 0 Å². The van der Waals surface area contributed by atoms with E-state index in [4.69, 9.17) is 0 Å². The molecule has 1 aromatic carbocycles. The van der Waals surface area contributed by atoms with Crippen molar-refractivity contribution in [3.63, 3.8) is 0 Å². The first-order valence-corrected chi connectivity index (χ1v) is 8.32. The van der Waals surface area contributed by atoms with Crippen molar-refractivity contribution in [3.05, 3.63) is 34.9 Å². The van der Waals surface area contributed by atoms with Gasteiger partial charge in [0.2, 0.25) is 5.91 Å². The van der Waals surface area contributed by atoms with Crippen molar-refractivity contribution in [2.45, 2.75) is 39.0 Å². The zero-order chi connectivity index (χ0) is 16.4. The van der Waals surface area contributed by atoms with Crippen molar-refractivity contribution in [2.75, 3.05) is 19.6 Å². The highest BCUT2D eigenvalue weighted by Crippen LogP contribution is 2.24. The first-order chi connectivity index (χ1) is 11.1. The summed E-state index contributed by atoms with van der Waals surface area (Å²) >= 11 is 0. The predicted octanol–water partition coefficient (Wildman–Crippen LogP) is 2.38. The predicted molar refractivity (Wildman–Crippen MR) is 86.2 cm³/mol. The minimum absolute atomic E-state index is 0.0413. The smallest absolute Gasteiger partial charge is 0.261 e. The summed E-state index contributed by atoms with van der Waals surface area (Å²) in [6.07, 6.45) is 4.63. The number of imide groups is 1. The van der Waals surface area contributed by atoms with E-state index >= 15 is 0 Å². The molecule has 0 N–H and O–H groups in total. The third kappa shape index (κ3) is 3.14. The lowest BCUT2D eigenvalue weighted by molar-refractivity contribution is -0.131. The number of nitrogens with zero attached hydrogens (tertiary/aromatic N) is 2. The fraction of sp³-hybridized carbons (Fsp3) is 0.500. The van der Waals surface area contributed by atoms with E-state index in [2.05, 4.69) is 0 Å². The van der Waals surface area contributed by atoms with Gasteiger partial charge in [-0.3, -0.25) is 19.3 Å². The Bertz CT molecular complexity index is 646. The SMILES string of the molecule is Cc1ccc2c(c1)C(=O)N(CCC(=O)N1CCCCCC1)C2=O. The molecule has 0 saturated carbocycles. The molecule has 0 radical (unpaired) electrons. The molecular formula is C18H22N2O3. The maximum Gasteiger partial charge on any atom is 0.261 e. The molecule has 3 rings (SSSR count). The summed E-state index contributed by atoms with van der Waals surface area (Å²) in [5, 5.41) is 0. The van der Waals surface area contributed by atoms with Gasteiger partial charge in [-0.25, -0.2) is 0 Å². The molecule has 0 bridgehead atoms. The molecule has 2 aliphatic heterocycles. The topological polar surface area (TPSA) is 57.7 Å². The molecule has 1 fully saturated rings. The number of rotatable bonds is 3. The number of hydrogen-bond acceptors (Lipinski definition) is 3. The summed E-state index contributed by atoms with van der Waals surface area (Å²) in [5.74, 6) is -0.523. The maximum absolute atomic E-state index is 12.4. The summed E-state index contributed by atoms with van der Waals surface area (Å²) in [6, 6.07) is 5.27. The summed E-state index contributed by atoms with van der Waals surface area (Å²) in [7, 11) is 0. The number of carbonyl (C=O) groups excluding carboxylic acids is 3. The number of carbonyl (C=O) groups is 3. The third-order valence-corrected chi connectivity index (χ3v) is 4.63. The lowest BCUT2D eigenvalue weighted by Crippen LogP contribution is -2.37. The number of aryl methyl sites for hydroxylation is 1. The van der Waals surface area contributed by atoms with E-state index in [9.17, 15) is 14.4 Å². The standard InChI is InChI=1S/C18H22N2O3/c1-13-6-7-14-15(12-13)18(23)20(17(14)22)11-8-16(21)19-9-4-2-3-5-10-19/h6-7,12H,2-5,8-11H2,1H3. The molecule has 0 spiro atoms. The van der Waals surface area contributed by atoms with Gasteiger partial charge in [0, 0.05) is 26.1 Å². The molecule has 0 aliphatic carbocycles. The maximum atomic E-state index is 12.4. The van der Waals surface area contributed by atoms with Gasteiger partial charge in [0.25, 0.3) is 11.8 Å². The van der Waals surface area contributed by atoms with E-state index in [1.807, 2.05) is 17.9 Å². The average molecular weight is 314 g/mol. The molecule has 0 atom stereocenters. The summed E-state index contributed by atoms with van der Waals surface area (Å²) in [6.45, 7) is 3.64. The van der Waals surface area contributed by atoms with Crippen LogP contribution in [-0.2, 0) is 4.79 Å². The van der Waals surface area contributed by atoms with Gasteiger partial charge in [-0.1, -0.05) is 24.5 Å². The van der Waals surface area contributed by atoms with E-state index < -0.39 is 0 Å². The molecule has 0 unspecified atom stereocenters. The molecule has 2 heterocycles. The number of benzene rings is 1. The average Bonchev–Trinajstić information content (AvgIpc) is 2.75. The van der Waals surface area contributed by atoms with Gasteiger partial charge >= 0.3 is 0 Å². The monoisotopic (exact) mass is 314 g/mol. The van der Waals surface area contributed by atoms with Gasteiger partial charge in [-0.15, -0.1) is 0 Å². The van der Waals surface area contributed by atoms with Gasteiger partial charge in [-0.2, -0.15) is 0 Å². The third-order valence-electron chi connectivity index (χ3n) is 4.63. The van der Waals surface area contributed by atoms with E-state index in [0.29, 0.717) is 11.1 Å². The second-order valence-electron chi connectivity index (χ2n) is 6.36. The van der Waals surface area contributed by atoms with Crippen LogP contribution in [0.1, 0.15) is 58.4 Å². The molecule has 1 saturated heterocycles. The Morgan fingerprint density at radius 1 is 1.00 bits per heavy atom. The van der Waals surface area contributed by atoms with Crippen molar-refractivity contribution in [2.24, 2.45) is 0 Å². The molecule has 0 aromatic heterocycles. The minimum atomic E-state index is -0.284. The quantitative estimate of drug-likeness (QED) is 0.805. The zero-order valence-corrected chi connectivity index (χ0v) is 13.5. The Morgan fingerprint density at radius 3 is 2.35 bits per heavy atom. The Kier molecular flexibility index (Phi) is 4.46. The van der Waals surface area contributed by atoms with Crippen LogP contribution in [0.3, 0.4) is 0 Å². The van der Waals surface area contributed by atoms with Crippen molar-refractivity contribution < 1.29 is 14.4 Å². The van der Waals surface area contributed by atoms with Gasteiger partial charge in [0.15, 0.2) is 0 Å². The first-order valence-electron chi connectivity index (χ1n) is 8.32. The molecule has 1 aromatic rings. The fourth-order valence-electron chi connectivity index (χ4n) is 3.29. The van der Waals surface area contributed by atoms with Crippen LogP contribution >= 0.6 is 0 Å². The van der Waals surface area contributed by atoms with Gasteiger partial charge in [0.05, 0.1) is 11.1 Å². The van der Waals surface area contributed by atoms with Crippen LogP contribution in [-0.4, -0.2) is 47.2 Å². The van der Waals surface area contributed by atoms with E-state index in [1.54, 1.807) is 12.1 Å². The molecular weight excluding hydrogens is 292 g/mol. The molecule has 2 aliphatic rings. The summed E-state index contributed by atoms with van der Waals surface area (Å²) < 4.78 is 0. The number of fused-ring (bicyclic) bond motifs is 1. The largest absolute Gasteiger partial charge is 0.343 e.